The third-order valence-corrected chi connectivity index (χ3v) is 0. The third-order valence-electron chi connectivity index (χ3n) is 0. The molecule has 0 heterocycles. The minimum Gasteiger partial charge on any atom is -0.444 e. The predicted octanol–water partition coefficient (Wildman–Crippen LogP) is 1.32. The van der Waals surface area contributed by atoms with E-state index in [1.807, 2.05) is 0 Å². The molecule has 0 spiro atoms. The van der Waals surface area contributed by atoms with Crippen LogP contribution in [0.1, 0.15) is 0 Å². The Bertz CT molecular complexity index is 73.1. The summed E-state index contributed by atoms with van der Waals surface area (Å²) in [5.74, 6) is 0. The number of nitrogens with zero attached hydrogens (tertiary/aromatic N) is 4. The summed E-state index contributed by atoms with van der Waals surface area (Å²) in [6.45, 7) is 0. The number of hydrogen-bond acceptors (Lipinski definition) is 14. The van der Waals surface area contributed by atoms with Crippen LogP contribution in [0.15, 0.2) is 21.4 Å². The number of rotatable bonds is 0. The molecule has 0 aromatic carbocycles. The molecule has 0 amide bonds. The molecule has 0 aromatic rings. The zero-order chi connectivity index (χ0) is 10.8. The molecular formula is H6N6O8Ru. The van der Waals surface area contributed by atoms with Crippen LogP contribution in [-0.2, 0) is 19.5 Å². The molecule has 15 heteroatoms. The minimum absolute atomic E-state index is 0. The second-order valence-corrected chi connectivity index (χ2v) is 0.298. The fourth-order valence-corrected chi connectivity index (χ4v) is 0. The molecule has 0 aliphatic heterocycles. The third kappa shape index (κ3) is 362. The largest absolute Gasteiger partial charge is 4.00 e. The maximum absolute atomic E-state index is 8.00. The van der Waals surface area contributed by atoms with Gasteiger partial charge in [-0.05, 0) is 0 Å². The molecule has 0 aliphatic carbocycles. The first-order chi connectivity index (χ1) is 5.66. The van der Waals surface area contributed by atoms with Gasteiger partial charge >= 0.3 is 19.5 Å². The van der Waals surface area contributed by atoms with Crippen LogP contribution >= 0.6 is 0 Å². The Balaban J connectivity index is -0.0000000107. The van der Waals surface area contributed by atoms with Crippen molar-refractivity contribution in [3.8, 4) is 0 Å². The molecule has 0 radical (unpaired) electrons. The molecule has 15 heavy (non-hydrogen) atoms. The Morgan fingerprint density at radius 3 is 0.533 bits per heavy atom. The van der Waals surface area contributed by atoms with E-state index in [9.17, 15) is 0 Å². The van der Waals surface area contributed by atoms with Crippen LogP contribution in [0.2, 0.25) is 0 Å². The topological polar surface area (TPSA) is 280 Å². The van der Waals surface area contributed by atoms with Crippen molar-refractivity contribution in [3.63, 3.8) is 0 Å². The van der Waals surface area contributed by atoms with Crippen LogP contribution in [0.5, 0.6) is 0 Å². The molecule has 14 nitrogen and oxygen atoms in total. The monoisotopic (exact) mass is 320 g/mol. The van der Waals surface area contributed by atoms with Crippen LogP contribution in [0.25, 0.3) is 0 Å². The van der Waals surface area contributed by atoms with Gasteiger partial charge in [0, 0.05) is 0 Å². The molecule has 0 atom stereocenters. The van der Waals surface area contributed by atoms with E-state index < -0.39 is 0 Å². The quantitative estimate of drug-likeness (QED) is 0.366. The van der Waals surface area contributed by atoms with Crippen LogP contribution in [0, 0.1) is 40.5 Å². The molecule has 92 valence electrons. The number of hydrogen-bond donors (Lipinski definition) is 2. The fraction of sp³-hybridized carbons (Fsp3) is 0. The Hall–Kier alpha value is -1.86. The van der Waals surface area contributed by atoms with Crippen molar-refractivity contribution in [3.05, 3.63) is 40.5 Å². The van der Waals surface area contributed by atoms with E-state index in [4.69, 9.17) is 40.5 Å². The molecule has 0 saturated heterocycles. The van der Waals surface area contributed by atoms with Gasteiger partial charge in [0.15, 0.2) is 0 Å². The van der Waals surface area contributed by atoms with Gasteiger partial charge in [-0.25, -0.2) is 0 Å². The van der Waals surface area contributed by atoms with E-state index in [1.54, 1.807) is 0 Å². The maximum Gasteiger partial charge on any atom is 4.00 e. The SMILES string of the molecule is N.N.O=N[O-].O=N[O-].O=N[O-].O=N[O-].[Ru+4]. The van der Waals surface area contributed by atoms with Gasteiger partial charge < -0.3 is 52.8 Å². The summed E-state index contributed by atoms with van der Waals surface area (Å²) in [7, 11) is 0. The summed E-state index contributed by atoms with van der Waals surface area (Å²) in [4.78, 5) is 32.0. The average molecular weight is 319 g/mol. The van der Waals surface area contributed by atoms with Crippen LogP contribution in [0.3, 0.4) is 0 Å². The van der Waals surface area contributed by atoms with Crippen LogP contribution < -0.4 is 12.3 Å². The molecule has 6 N–H and O–H groups in total. The van der Waals surface area contributed by atoms with E-state index in [0.29, 0.717) is 0 Å². The van der Waals surface area contributed by atoms with Crippen molar-refractivity contribution in [2.24, 2.45) is 21.4 Å². The Kier molecular flexibility index (Phi) is 1120. The fourth-order valence-electron chi connectivity index (χ4n) is 0. The summed E-state index contributed by atoms with van der Waals surface area (Å²) in [5, 5.41) is 36.0. The first-order valence-electron chi connectivity index (χ1n) is 1.46. The van der Waals surface area contributed by atoms with E-state index >= 15 is 0 Å². The zero-order valence-corrected chi connectivity index (χ0v) is 8.56. The summed E-state index contributed by atoms with van der Waals surface area (Å²) in [5.41, 5.74) is 0. The van der Waals surface area contributed by atoms with Gasteiger partial charge in [-0.3, -0.25) is 0 Å². The summed E-state index contributed by atoms with van der Waals surface area (Å²) < 4.78 is 0. The minimum atomic E-state index is 0. The zero-order valence-electron chi connectivity index (χ0n) is 6.82. The van der Waals surface area contributed by atoms with E-state index in [0.717, 1.165) is 21.4 Å². The van der Waals surface area contributed by atoms with Crippen molar-refractivity contribution in [2.75, 3.05) is 0 Å². The van der Waals surface area contributed by atoms with E-state index in [1.165, 1.54) is 0 Å². The van der Waals surface area contributed by atoms with Gasteiger partial charge in [0.1, 0.15) is 0 Å². The summed E-state index contributed by atoms with van der Waals surface area (Å²) >= 11 is 0. The second kappa shape index (κ2) is 328. The van der Waals surface area contributed by atoms with Gasteiger partial charge in [0.05, 0.1) is 0 Å². The Morgan fingerprint density at radius 1 is 0.533 bits per heavy atom. The van der Waals surface area contributed by atoms with Gasteiger partial charge in [-0.15, -0.1) is 21.4 Å². The van der Waals surface area contributed by atoms with Crippen molar-refractivity contribution in [1.82, 2.24) is 12.3 Å². The van der Waals surface area contributed by atoms with Crippen molar-refractivity contribution < 1.29 is 19.5 Å². The van der Waals surface area contributed by atoms with Crippen molar-refractivity contribution in [2.45, 2.75) is 0 Å². The normalized spacial score (nSPS) is 3.20. The first-order valence-corrected chi connectivity index (χ1v) is 1.46. The van der Waals surface area contributed by atoms with Crippen LogP contribution in [0.4, 0.5) is 0 Å². The molecule has 0 fully saturated rings. The van der Waals surface area contributed by atoms with E-state index in [-0.39, 0.29) is 31.8 Å². The first kappa shape index (κ1) is 51.4. The van der Waals surface area contributed by atoms with Gasteiger partial charge in [0.2, 0.25) is 0 Å². The molecule has 0 aliphatic rings. The smallest absolute Gasteiger partial charge is 0.444 e. The standard InChI is InChI=1S/4HNO2.2H3N.Ru/c4*2-1-3;;;/h4*(H,2,3);2*1H3;/q;;;;;;+4/p-4. The Morgan fingerprint density at radius 2 is 0.533 bits per heavy atom. The molecule has 0 rings (SSSR count). The van der Waals surface area contributed by atoms with E-state index in [2.05, 4.69) is 0 Å². The summed E-state index contributed by atoms with van der Waals surface area (Å²) in [6.07, 6.45) is 0. The predicted molar refractivity (Wildman–Crippen MR) is 46.7 cm³/mol. The van der Waals surface area contributed by atoms with Crippen LogP contribution in [-0.4, -0.2) is 0 Å². The molecule has 0 aromatic heterocycles. The van der Waals surface area contributed by atoms with Gasteiger partial charge in [0.25, 0.3) is 0 Å². The molecule has 0 bridgehead atoms. The summed E-state index contributed by atoms with van der Waals surface area (Å²) in [6, 6.07) is 0. The second-order valence-electron chi connectivity index (χ2n) is 0.298. The molecular weight excluding hydrogens is 313 g/mol. The average Bonchev–Trinajstić information content (AvgIpc) is 1.92. The van der Waals surface area contributed by atoms with Crippen molar-refractivity contribution in [1.29, 1.82) is 0 Å². The molecule has 0 unspecified atom stereocenters. The maximum atomic E-state index is 8.00. The van der Waals surface area contributed by atoms with Crippen molar-refractivity contribution >= 4 is 0 Å². The molecule has 0 saturated carbocycles. The van der Waals surface area contributed by atoms with Gasteiger partial charge in [-0.1, -0.05) is 0 Å². The van der Waals surface area contributed by atoms with Gasteiger partial charge in [-0.2, -0.15) is 0 Å². The Labute approximate surface area is 94.3 Å².